The SMILES string of the molecule is NCc1ccc(C2CCCSC2)cc1. The average molecular weight is 207 g/mol. The molecule has 1 aliphatic heterocycles. The third-order valence-corrected chi connectivity index (χ3v) is 4.06. The first-order valence-electron chi connectivity index (χ1n) is 5.27. The van der Waals surface area contributed by atoms with Gasteiger partial charge in [-0.15, -0.1) is 0 Å². The number of hydrogen-bond donors (Lipinski definition) is 1. The summed E-state index contributed by atoms with van der Waals surface area (Å²) in [4.78, 5) is 0. The Labute approximate surface area is 90.1 Å². The van der Waals surface area contributed by atoms with Crippen LogP contribution in [0.5, 0.6) is 0 Å². The Balaban J connectivity index is 2.07. The summed E-state index contributed by atoms with van der Waals surface area (Å²) in [6.07, 6.45) is 2.73. The highest BCUT2D eigenvalue weighted by molar-refractivity contribution is 7.99. The van der Waals surface area contributed by atoms with Crippen LogP contribution in [0, 0.1) is 0 Å². The molecule has 0 bridgehead atoms. The molecule has 2 rings (SSSR count). The van der Waals surface area contributed by atoms with E-state index in [2.05, 4.69) is 36.0 Å². The Bertz CT molecular complexity index is 275. The minimum atomic E-state index is 0.652. The van der Waals surface area contributed by atoms with Gasteiger partial charge in [0, 0.05) is 12.3 Å². The molecule has 0 saturated carbocycles. The van der Waals surface area contributed by atoms with Gasteiger partial charge in [-0.05, 0) is 35.6 Å². The van der Waals surface area contributed by atoms with Gasteiger partial charge in [-0.1, -0.05) is 24.3 Å². The fraction of sp³-hybridized carbons (Fsp3) is 0.500. The zero-order valence-electron chi connectivity index (χ0n) is 8.41. The largest absolute Gasteiger partial charge is 0.326 e. The third-order valence-electron chi connectivity index (χ3n) is 2.85. The Hall–Kier alpha value is -0.470. The highest BCUT2D eigenvalue weighted by Gasteiger charge is 2.15. The van der Waals surface area contributed by atoms with Crippen molar-refractivity contribution in [2.75, 3.05) is 11.5 Å². The molecule has 0 aromatic heterocycles. The minimum Gasteiger partial charge on any atom is -0.326 e. The van der Waals surface area contributed by atoms with Gasteiger partial charge >= 0.3 is 0 Å². The van der Waals surface area contributed by atoms with E-state index < -0.39 is 0 Å². The zero-order chi connectivity index (χ0) is 9.80. The summed E-state index contributed by atoms with van der Waals surface area (Å²) in [5.74, 6) is 3.42. The molecule has 1 aromatic rings. The fourth-order valence-corrected chi connectivity index (χ4v) is 3.11. The van der Waals surface area contributed by atoms with E-state index in [1.807, 2.05) is 0 Å². The van der Waals surface area contributed by atoms with E-state index in [9.17, 15) is 0 Å². The molecule has 0 amide bonds. The van der Waals surface area contributed by atoms with Gasteiger partial charge in [0.15, 0.2) is 0 Å². The van der Waals surface area contributed by atoms with Gasteiger partial charge in [0.25, 0.3) is 0 Å². The van der Waals surface area contributed by atoms with Crippen LogP contribution in [0.3, 0.4) is 0 Å². The predicted octanol–water partition coefficient (Wildman–Crippen LogP) is 2.76. The maximum absolute atomic E-state index is 5.57. The van der Waals surface area contributed by atoms with Crippen molar-refractivity contribution < 1.29 is 0 Å². The van der Waals surface area contributed by atoms with Crippen molar-refractivity contribution in [1.29, 1.82) is 0 Å². The number of hydrogen-bond acceptors (Lipinski definition) is 2. The molecule has 1 aromatic carbocycles. The van der Waals surface area contributed by atoms with E-state index in [1.165, 1.54) is 35.5 Å². The molecule has 1 heterocycles. The molecule has 0 aliphatic carbocycles. The van der Waals surface area contributed by atoms with Crippen LogP contribution in [-0.2, 0) is 6.54 Å². The van der Waals surface area contributed by atoms with Crippen molar-refractivity contribution in [2.24, 2.45) is 5.73 Å². The predicted molar refractivity (Wildman–Crippen MR) is 63.6 cm³/mol. The summed E-state index contributed by atoms with van der Waals surface area (Å²) in [7, 11) is 0. The van der Waals surface area contributed by atoms with Crippen LogP contribution >= 0.6 is 11.8 Å². The molecule has 1 unspecified atom stereocenters. The molecule has 1 nitrogen and oxygen atoms in total. The lowest BCUT2D eigenvalue weighted by Gasteiger charge is -2.21. The van der Waals surface area contributed by atoms with Crippen molar-refractivity contribution in [3.05, 3.63) is 35.4 Å². The van der Waals surface area contributed by atoms with E-state index in [0.29, 0.717) is 6.54 Å². The highest BCUT2D eigenvalue weighted by atomic mass is 32.2. The third kappa shape index (κ3) is 2.31. The quantitative estimate of drug-likeness (QED) is 0.807. The Morgan fingerprint density at radius 1 is 1.29 bits per heavy atom. The molecular formula is C12H17NS. The smallest absolute Gasteiger partial charge is 0.0178 e. The van der Waals surface area contributed by atoms with Gasteiger partial charge in [0.2, 0.25) is 0 Å². The van der Waals surface area contributed by atoms with Gasteiger partial charge in [-0.2, -0.15) is 11.8 Å². The first-order chi connectivity index (χ1) is 6.90. The summed E-state index contributed by atoms with van der Waals surface area (Å²) in [5, 5.41) is 0. The topological polar surface area (TPSA) is 26.0 Å². The van der Waals surface area contributed by atoms with Gasteiger partial charge in [0.1, 0.15) is 0 Å². The Morgan fingerprint density at radius 2 is 2.07 bits per heavy atom. The van der Waals surface area contributed by atoms with Crippen LogP contribution in [0.1, 0.15) is 29.9 Å². The Morgan fingerprint density at radius 3 is 2.64 bits per heavy atom. The number of thioether (sulfide) groups is 1. The summed E-state index contributed by atoms with van der Waals surface area (Å²) < 4.78 is 0. The molecule has 2 N–H and O–H groups in total. The monoisotopic (exact) mass is 207 g/mol. The van der Waals surface area contributed by atoms with Gasteiger partial charge < -0.3 is 5.73 Å². The summed E-state index contributed by atoms with van der Waals surface area (Å²) in [5.41, 5.74) is 8.30. The molecule has 1 aliphatic rings. The Kier molecular flexibility index (Phi) is 3.49. The normalized spacial score (nSPS) is 22.2. The lowest BCUT2D eigenvalue weighted by molar-refractivity contribution is 0.660. The molecule has 0 spiro atoms. The van der Waals surface area contributed by atoms with Gasteiger partial charge in [0.05, 0.1) is 0 Å². The first-order valence-corrected chi connectivity index (χ1v) is 6.42. The maximum Gasteiger partial charge on any atom is 0.0178 e. The lowest BCUT2D eigenvalue weighted by Crippen LogP contribution is -2.08. The second-order valence-electron chi connectivity index (χ2n) is 3.86. The molecule has 1 fully saturated rings. The van der Waals surface area contributed by atoms with Gasteiger partial charge in [-0.25, -0.2) is 0 Å². The van der Waals surface area contributed by atoms with Crippen LogP contribution in [0.2, 0.25) is 0 Å². The average Bonchev–Trinajstić information content (AvgIpc) is 2.30. The van der Waals surface area contributed by atoms with Gasteiger partial charge in [-0.3, -0.25) is 0 Å². The fourth-order valence-electron chi connectivity index (χ4n) is 1.93. The standard InChI is InChI=1S/C12H17NS/c13-8-10-3-5-11(6-4-10)12-2-1-7-14-9-12/h3-6,12H,1-2,7-9,13H2. The summed E-state index contributed by atoms with van der Waals surface area (Å²) >= 11 is 2.08. The van der Waals surface area contributed by atoms with Crippen molar-refractivity contribution >= 4 is 11.8 Å². The number of rotatable bonds is 2. The number of nitrogens with two attached hydrogens (primary N) is 1. The van der Waals surface area contributed by atoms with E-state index >= 15 is 0 Å². The number of benzene rings is 1. The van der Waals surface area contributed by atoms with Crippen molar-refractivity contribution in [3.8, 4) is 0 Å². The highest BCUT2D eigenvalue weighted by Crippen LogP contribution is 2.31. The second kappa shape index (κ2) is 4.85. The molecule has 1 saturated heterocycles. The molecule has 0 radical (unpaired) electrons. The van der Waals surface area contributed by atoms with Crippen LogP contribution in [0.15, 0.2) is 24.3 Å². The van der Waals surface area contributed by atoms with E-state index in [-0.39, 0.29) is 0 Å². The van der Waals surface area contributed by atoms with Crippen LogP contribution < -0.4 is 5.73 Å². The van der Waals surface area contributed by atoms with Crippen molar-refractivity contribution in [1.82, 2.24) is 0 Å². The molecule has 1 atom stereocenters. The minimum absolute atomic E-state index is 0.652. The van der Waals surface area contributed by atoms with Crippen LogP contribution in [-0.4, -0.2) is 11.5 Å². The first kappa shape index (κ1) is 10.1. The van der Waals surface area contributed by atoms with E-state index in [0.717, 1.165) is 5.92 Å². The summed E-state index contributed by atoms with van der Waals surface area (Å²) in [6.45, 7) is 0.652. The molecular weight excluding hydrogens is 190 g/mol. The summed E-state index contributed by atoms with van der Waals surface area (Å²) in [6, 6.07) is 8.82. The van der Waals surface area contributed by atoms with Crippen molar-refractivity contribution in [2.45, 2.75) is 25.3 Å². The second-order valence-corrected chi connectivity index (χ2v) is 5.01. The van der Waals surface area contributed by atoms with Crippen LogP contribution in [0.25, 0.3) is 0 Å². The molecule has 14 heavy (non-hydrogen) atoms. The zero-order valence-corrected chi connectivity index (χ0v) is 9.22. The molecule has 2 heteroatoms. The van der Waals surface area contributed by atoms with Crippen LogP contribution in [0.4, 0.5) is 0 Å². The van der Waals surface area contributed by atoms with Crippen molar-refractivity contribution in [3.63, 3.8) is 0 Å². The van der Waals surface area contributed by atoms with E-state index in [1.54, 1.807) is 0 Å². The maximum atomic E-state index is 5.57. The lowest BCUT2D eigenvalue weighted by atomic mass is 9.95. The molecule has 76 valence electrons. The van der Waals surface area contributed by atoms with E-state index in [4.69, 9.17) is 5.73 Å².